The Hall–Kier alpha value is -1.11. The molecule has 1 saturated heterocycles. The molecule has 1 fully saturated rings. The van der Waals surface area contributed by atoms with Crippen molar-refractivity contribution in [3.8, 4) is 0 Å². The standard InChI is InChI=1S/C16H25NO4S/c1-12(2)21-16(7-8-20-10-16)11-22(18,19)17-15-9-13(3)5-6-14(15)4/h5-6,9,12,17H,7-8,10-11H2,1-4H3. The molecule has 0 amide bonds. The number of anilines is 1. The summed E-state index contributed by atoms with van der Waals surface area (Å²) in [5, 5.41) is 0. The van der Waals surface area contributed by atoms with Gasteiger partial charge in [-0.1, -0.05) is 12.1 Å². The minimum atomic E-state index is -3.52. The summed E-state index contributed by atoms with van der Waals surface area (Å²) in [4.78, 5) is 0. The maximum absolute atomic E-state index is 12.6. The molecule has 1 atom stereocenters. The average molecular weight is 327 g/mol. The highest BCUT2D eigenvalue weighted by Crippen LogP contribution is 2.28. The zero-order valence-electron chi connectivity index (χ0n) is 13.7. The van der Waals surface area contributed by atoms with Gasteiger partial charge in [-0.3, -0.25) is 4.72 Å². The predicted octanol–water partition coefficient (Wildman–Crippen LogP) is 2.63. The third-order valence-corrected chi connectivity index (χ3v) is 5.10. The number of rotatable bonds is 6. The Morgan fingerprint density at radius 2 is 2.09 bits per heavy atom. The van der Waals surface area contributed by atoms with Crippen LogP contribution in [0.1, 0.15) is 31.4 Å². The molecule has 1 aliphatic rings. The Bertz CT molecular complexity index is 619. The highest BCUT2D eigenvalue weighted by molar-refractivity contribution is 7.92. The first kappa shape index (κ1) is 17.2. The number of benzene rings is 1. The fraction of sp³-hybridized carbons (Fsp3) is 0.625. The Balaban J connectivity index is 2.17. The van der Waals surface area contributed by atoms with E-state index in [-0.39, 0.29) is 11.9 Å². The van der Waals surface area contributed by atoms with Gasteiger partial charge < -0.3 is 9.47 Å². The molecule has 1 aromatic rings. The molecule has 1 unspecified atom stereocenters. The Labute approximate surface area is 133 Å². The highest BCUT2D eigenvalue weighted by Gasteiger charge is 2.41. The van der Waals surface area contributed by atoms with E-state index >= 15 is 0 Å². The Morgan fingerprint density at radius 1 is 1.36 bits per heavy atom. The normalized spacial score (nSPS) is 22.2. The van der Waals surface area contributed by atoms with E-state index < -0.39 is 15.6 Å². The zero-order chi connectivity index (χ0) is 16.4. The second-order valence-corrected chi connectivity index (χ2v) is 8.05. The van der Waals surface area contributed by atoms with Crippen LogP contribution in [0, 0.1) is 13.8 Å². The van der Waals surface area contributed by atoms with E-state index in [2.05, 4.69) is 4.72 Å². The Kier molecular flexibility index (Phi) is 5.14. The van der Waals surface area contributed by atoms with Crippen molar-refractivity contribution in [2.24, 2.45) is 0 Å². The van der Waals surface area contributed by atoms with Crippen molar-refractivity contribution < 1.29 is 17.9 Å². The Morgan fingerprint density at radius 3 is 2.68 bits per heavy atom. The van der Waals surface area contributed by atoms with Gasteiger partial charge in [0.15, 0.2) is 0 Å². The molecule has 1 aromatic carbocycles. The van der Waals surface area contributed by atoms with Gasteiger partial charge in [-0.05, 0) is 44.9 Å². The summed E-state index contributed by atoms with van der Waals surface area (Å²) in [5.74, 6) is -0.0917. The van der Waals surface area contributed by atoms with E-state index in [1.165, 1.54) is 0 Å². The van der Waals surface area contributed by atoms with Crippen molar-refractivity contribution in [3.63, 3.8) is 0 Å². The van der Waals surface area contributed by atoms with Crippen LogP contribution >= 0.6 is 0 Å². The predicted molar refractivity (Wildman–Crippen MR) is 87.7 cm³/mol. The fourth-order valence-electron chi connectivity index (χ4n) is 2.73. The summed E-state index contributed by atoms with van der Waals surface area (Å²) in [5.41, 5.74) is 1.78. The molecular formula is C16H25NO4S. The SMILES string of the molecule is Cc1ccc(C)c(NS(=O)(=O)CC2(OC(C)C)CCOC2)c1. The third kappa shape index (κ3) is 4.44. The monoisotopic (exact) mass is 327 g/mol. The van der Waals surface area contributed by atoms with E-state index in [1.54, 1.807) is 0 Å². The lowest BCUT2D eigenvalue weighted by Gasteiger charge is -2.30. The summed E-state index contributed by atoms with van der Waals surface area (Å²) >= 11 is 0. The number of sulfonamides is 1. The maximum atomic E-state index is 12.6. The molecule has 0 saturated carbocycles. The molecular weight excluding hydrogens is 302 g/mol. The van der Waals surface area contributed by atoms with Crippen LogP contribution in [0.5, 0.6) is 0 Å². The lowest BCUT2D eigenvalue weighted by atomic mass is 10.1. The summed E-state index contributed by atoms with van der Waals surface area (Å²) in [6, 6.07) is 5.71. The van der Waals surface area contributed by atoms with Crippen LogP contribution in [-0.2, 0) is 19.5 Å². The molecule has 0 bridgehead atoms. The van der Waals surface area contributed by atoms with Gasteiger partial charge in [0.1, 0.15) is 11.4 Å². The van der Waals surface area contributed by atoms with Crippen molar-refractivity contribution in [3.05, 3.63) is 29.3 Å². The van der Waals surface area contributed by atoms with E-state index in [0.717, 1.165) is 11.1 Å². The molecule has 0 radical (unpaired) electrons. The number of hydrogen-bond acceptors (Lipinski definition) is 4. The first-order valence-corrected chi connectivity index (χ1v) is 9.20. The quantitative estimate of drug-likeness (QED) is 0.872. The molecule has 6 heteroatoms. The smallest absolute Gasteiger partial charge is 0.235 e. The van der Waals surface area contributed by atoms with Gasteiger partial charge in [-0.2, -0.15) is 0 Å². The largest absolute Gasteiger partial charge is 0.378 e. The minimum absolute atomic E-state index is 0.0439. The summed E-state index contributed by atoms with van der Waals surface area (Å²) in [7, 11) is -3.52. The van der Waals surface area contributed by atoms with E-state index in [1.807, 2.05) is 45.9 Å². The van der Waals surface area contributed by atoms with Crippen molar-refractivity contribution in [1.82, 2.24) is 0 Å². The molecule has 124 valence electrons. The lowest BCUT2D eigenvalue weighted by Crippen LogP contribution is -2.44. The topological polar surface area (TPSA) is 64.6 Å². The van der Waals surface area contributed by atoms with E-state index in [0.29, 0.717) is 25.3 Å². The lowest BCUT2D eigenvalue weighted by molar-refractivity contribution is -0.0669. The first-order valence-electron chi connectivity index (χ1n) is 7.55. The van der Waals surface area contributed by atoms with Gasteiger partial charge >= 0.3 is 0 Å². The van der Waals surface area contributed by atoms with Crippen molar-refractivity contribution in [1.29, 1.82) is 0 Å². The van der Waals surface area contributed by atoms with Crippen LogP contribution in [0.25, 0.3) is 0 Å². The van der Waals surface area contributed by atoms with Crippen molar-refractivity contribution in [2.75, 3.05) is 23.7 Å². The molecule has 1 aliphatic heterocycles. The number of hydrogen-bond donors (Lipinski definition) is 1. The van der Waals surface area contributed by atoms with E-state index in [4.69, 9.17) is 9.47 Å². The van der Waals surface area contributed by atoms with Crippen LogP contribution in [0.4, 0.5) is 5.69 Å². The molecule has 0 aromatic heterocycles. The summed E-state index contributed by atoms with van der Waals surface area (Å²) < 4.78 is 39.1. The molecule has 0 aliphatic carbocycles. The second-order valence-electron chi connectivity index (χ2n) is 6.33. The molecule has 2 rings (SSSR count). The van der Waals surface area contributed by atoms with Crippen LogP contribution in [0.15, 0.2) is 18.2 Å². The summed E-state index contributed by atoms with van der Waals surface area (Å²) in [6.07, 6.45) is 0.552. The van der Waals surface area contributed by atoms with E-state index in [9.17, 15) is 8.42 Å². The van der Waals surface area contributed by atoms with Crippen molar-refractivity contribution in [2.45, 2.75) is 45.8 Å². The number of ether oxygens (including phenoxy) is 2. The van der Waals surface area contributed by atoms with Crippen LogP contribution in [0.2, 0.25) is 0 Å². The van der Waals surface area contributed by atoms with Gasteiger partial charge in [-0.25, -0.2) is 8.42 Å². The van der Waals surface area contributed by atoms with Crippen LogP contribution in [0.3, 0.4) is 0 Å². The number of aryl methyl sites for hydroxylation is 2. The number of nitrogens with one attached hydrogen (secondary N) is 1. The second kappa shape index (κ2) is 6.56. The third-order valence-electron chi connectivity index (χ3n) is 3.66. The zero-order valence-corrected chi connectivity index (χ0v) is 14.5. The summed E-state index contributed by atoms with van der Waals surface area (Å²) in [6.45, 7) is 8.49. The first-order chi connectivity index (χ1) is 10.2. The average Bonchev–Trinajstić information content (AvgIpc) is 2.79. The molecule has 1 N–H and O–H groups in total. The fourth-order valence-corrected chi connectivity index (χ4v) is 4.34. The van der Waals surface area contributed by atoms with Gasteiger partial charge in [0, 0.05) is 13.0 Å². The van der Waals surface area contributed by atoms with Gasteiger partial charge in [0.05, 0.1) is 18.4 Å². The van der Waals surface area contributed by atoms with Crippen LogP contribution < -0.4 is 4.72 Å². The van der Waals surface area contributed by atoms with Gasteiger partial charge in [0.2, 0.25) is 10.0 Å². The molecule has 5 nitrogen and oxygen atoms in total. The minimum Gasteiger partial charge on any atom is -0.378 e. The molecule has 1 heterocycles. The van der Waals surface area contributed by atoms with Gasteiger partial charge in [0.25, 0.3) is 0 Å². The molecule has 0 spiro atoms. The molecule has 22 heavy (non-hydrogen) atoms. The van der Waals surface area contributed by atoms with Crippen LogP contribution in [-0.4, -0.2) is 39.1 Å². The van der Waals surface area contributed by atoms with Crippen molar-refractivity contribution >= 4 is 15.7 Å². The maximum Gasteiger partial charge on any atom is 0.235 e. The van der Waals surface area contributed by atoms with Gasteiger partial charge in [-0.15, -0.1) is 0 Å². The highest BCUT2D eigenvalue weighted by atomic mass is 32.2.